The van der Waals surface area contributed by atoms with E-state index in [9.17, 15) is 0 Å². The number of ether oxygens (including phenoxy) is 1. The monoisotopic (exact) mass is 278 g/mol. The topological polar surface area (TPSA) is 65.1 Å². The summed E-state index contributed by atoms with van der Waals surface area (Å²) in [5.41, 5.74) is 1.19. The van der Waals surface area contributed by atoms with Crippen LogP contribution in [0, 0.1) is 0 Å². The first-order valence-corrected chi connectivity index (χ1v) is 6.87. The smallest absolute Gasteiger partial charge is 0.229 e. The number of rotatable bonds is 8. The van der Waals surface area contributed by atoms with Crippen molar-refractivity contribution in [1.29, 1.82) is 0 Å². The van der Waals surface area contributed by atoms with Gasteiger partial charge in [-0.1, -0.05) is 19.0 Å². The minimum atomic E-state index is 0.260. The van der Waals surface area contributed by atoms with Crippen LogP contribution in [0.4, 0.5) is 0 Å². The van der Waals surface area contributed by atoms with Gasteiger partial charge in [-0.25, -0.2) is 0 Å². The fourth-order valence-corrected chi connectivity index (χ4v) is 1.87. The van der Waals surface area contributed by atoms with Crippen molar-refractivity contribution < 1.29 is 9.26 Å². The van der Waals surface area contributed by atoms with Gasteiger partial charge >= 0.3 is 0 Å². The summed E-state index contributed by atoms with van der Waals surface area (Å²) in [4.78, 5) is 4.40. The van der Waals surface area contributed by atoms with Gasteiger partial charge in [0.2, 0.25) is 5.89 Å². The normalized spacial score (nSPS) is 11.4. The number of nitrogens with one attached hydrogen (secondary N) is 1. The van der Waals surface area contributed by atoms with E-state index in [1.54, 1.807) is 7.11 Å². The summed E-state index contributed by atoms with van der Waals surface area (Å²) in [7, 11) is 1.70. The fraction of sp³-hybridized carbons (Fsp3) is 0.571. The summed E-state index contributed by atoms with van der Waals surface area (Å²) in [5, 5.41) is 7.34. The number of methoxy groups -OCH3 is 1. The second-order valence-corrected chi connectivity index (χ2v) is 5.00. The molecule has 20 heavy (non-hydrogen) atoms. The lowest BCUT2D eigenvalue weighted by atomic mass is 10.2. The highest BCUT2D eigenvalue weighted by Crippen LogP contribution is 2.12. The first kappa shape index (κ1) is 14.7. The average molecular weight is 278 g/mol. The molecule has 2 aromatic rings. The van der Waals surface area contributed by atoms with Crippen molar-refractivity contribution in [2.75, 3.05) is 20.3 Å². The van der Waals surface area contributed by atoms with Gasteiger partial charge in [0.15, 0.2) is 5.82 Å². The highest BCUT2D eigenvalue weighted by Gasteiger charge is 2.11. The number of hydrogen-bond donors (Lipinski definition) is 1. The van der Waals surface area contributed by atoms with E-state index >= 15 is 0 Å². The summed E-state index contributed by atoms with van der Waals surface area (Å²) in [5.74, 6) is 1.66. The molecule has 0 radical (unpaired) electrons. The Balaban J connectivity index is 1.93. The average Bonchev–Trinajstić information content (AvgIpc) is 3.05. The lowest BCUT2D eigenvalue weighted by molar-refractivity contribution is 0.199. The van der Waals surface area contributed by atoms with E-state index in [4.69, 9.17) is 9.26 Å². The van der Waals surface area contributed by atoms with Gasteiger partial charge in [-0.3, -0.25) is 0 Å². The van der Waals surface area contributed by atoms with Crippen LogP contribution >= 0.6 is 0 Å². The van der Waals surface area contributed by atoms with Crippen molar-refractivity contribution in [1.82, 2.24) is 20.0 Å². The number of hydrogen-bond acceptors (Lipinski definition) is 5. The van der Waals surface area contributed by atoms with Gasteiger partial charge < -0.3 is 19.1 Å². The molecule has 0 bridgehead atoms. The van der Waals surface area contributed by atoms with Crippen molar-refractivity contribution in [3.63, 3.8) is 0 Å². The maximum atomic E-state index is 5.22. The zero-order valence-electron chi connectivity index (χ0n) is 12.3. The van der Waals surface area contributed by atoms with E-state index in [0.717, 1.165) is 13.1 Å². The zero-order chi connectivity index (χ0) is 14.4. The predicted molar refractivity (Wildman–Crippen MR) is 75.5 cm³/mol. The molecule has 0 saturated carbocycles. The third-order valence-electron chi connectivity index (χ3n) is 3.00. The summed E-state index contributed by atoms with van der Waals surface area (Å²) in [6.45, 7) is 7.05. The van der Waals surface area contributed by atoms with Crippen LogP contribution in [0.1, 0.15) is 37.2 Å². The van der Waals surface area contributed by atoms with Gasteiger partial charge in [-0.2, -0.15) is 4.98 Å². The van der Waals surface area contributed by atoms with Gasteiger partial charge in [-0.05, 0) is 12.1 Å². The largest absolute Gasteiger partial charge is 0.383 e. The summed E-state index contributed by atoms with van der Waals surface area (Å²) < 4.78 is 12.4. The second kappa shape index (κ2) is 7.21. The lowest BCUT2D eigenvalue weighted by Crippen LogP contribution is -2.20. The maximum Gasteiger partial charge on any atom is 0.229 e. The highest BCUT2D eigenvalue weighted by molar-refractivity contribution is 5.08. The third kappa shape index (κ3) is 3.91. The standard InChI is InChI=1S/C14H22N4O2/c1-11(2)14-16-13(17-20-14)10-18-7-4-5-12(18)9-15-6-8-19-3/h4-5,7,11,15H,6,8-10H2,1-3H3. The highest BCUT2D eigenvalue weighted by atomic mass is 16.5. The van der Waals surface area contributed by atoms with E-state index in [-0.39, 0.29) is 5.92 Å². The molecular weight excluding hydrogens is 256 g/mol. The van der Waals surface area contributed by atoms with Gasteiger partial charge in [0.05, 0.1) is 13.2 Å². The van der Waals surface area contributed by atoms with Gasteiger partial charge in [0.1, 0.15) is 0 Å². The van der Waals surface area contributed by atoms with Crippen molar-refractivity contribution in [2.45, 2.75) is 32.9 Å². The molecule has 2 aromatic heterocycles. The van der Waals surface area contributed by atoms with Crippen LogP contribution in [0.3, 0.4) is 0 Å². The van der Waals surface area contributed by atoms with E-state index in [2.05, 4.69) is 26.1 Å². The van der Waals surface area contributed by atoms with Crippen LogP contribution in [-0.4, -0.2) is 35.0 Å². The Morgan fingerprint density at radius 3 is 3.00 bits per heavy atom. The summed E-state index contributed by atoms with van der Waals surface area (Å²) >= 11 is 0. The molecule has 0 spiro atoms. The first-order valence-electron chi connectivity index (χ1n) is 6.87. The lowest BCUT2D eigenvalue weighted by Gasteiger charge is -2.08. The summed E-state index contributed by atoms with van der Waals surface area (Å²) in [6.07, 6.45) is 2.03. The molecule has 6 nitrogen and oxygen atoms in total. The fourth-order valence-electron chi connectivity index (χ4n) is 1.87. The molecule has 6 heteroatoms. The molecule has 0 saturated heterocycles. The van der Waals surface area contributed by atoms with Crippen molar-refractivity contribution in [3.8, 4) is 0 Å². The van der Waals surface area contributed by atoms with Crippen LogP contribution in [-0.2, 0) is 17.8 Å². The van der Waals surface area contributed by atoms with Gasteiger partial charge in [-0.15, -0.1) is 0 Å². The van der Waals surface area contributed by atoms with Crippen LogP contribution in [0.15, 0.2) is 22.9 Å². The molecule has 0 atom stereocenters. The Morgan fingerprint density at radius 1 is 1.45 bits per heavy atom. The molecule has 2 heterocycles. The molecular formula is C14H22N4O2. The van der Waals surface area contributed by atoms with Crippen LogP contribution < -0.4 is 5.32 Å². The molecule has 0 aliphatic rings. The molecule has 0 aliphatic carbocycles. The SMILES string of the molecule is COCCNCc1cccn1Cc1noc(C(C)C)n1. The van der Waals surface area contributed by atoms with E-state index in [0.29, 0.717) is 24.9 Å². The van der Waals surface area contributed by atoms with Crippen molar-refractivity contribution in [3.05, 3.63) is 35.7 Å². The van der Waals surface area contributed by atoms with Crippen LogP contribution in [0.25, 0.3) is 0 Å². The minimum absolute atomic E-state index is 0.260. The van der Waals surface area contributed by atoms with Crippen molar-refractivity contribution in [2.24, 2.45) is 0 Å². The van der Waals surface area contributed by atoms with Gasteiger partial charge in [0.25, 0.3) is 0 Å². The molecule has 0 unspecified atom stereocenters. The number of nitrogens with zero attached hydrogens (tertiary/aromatic N) is 3. The Labute approximate surface area is 119 Å². The third-order valence-corrected chi connectivity index (χ3v) is 3.00. The van der Waals surface area contributed by atoms with Gasteiger partial charge in [0, 0.05) is 38.0 Å². The zero-order valence-corrected chi connectivity index (χ0v) is 12.3. The Bertz CT molecular complexity index is 519. The summed E-state index contributed by atoms with van der Waals surface area (Å²) in [6, 6.07) is 4.11. The molecule has 110 valence electrons. The number of aromatic nitrogens is 3. The molecule has 0 fully saturated rings. The van der Waals surface area contributed by atoms with Crippen LogP contribution in [0.2, 0.25) is 0 Å². The maximum absolute atomic E-state index is 5.22. The van der Waals surface area contributed by atoms with E-state index in [1.807, 2.05) is 26.1 Å². The Hall–Kier alpha value is -1.66. The van der Waals surface area contributed by atoms with E-state index < -0.39 is 0 Å². The second-order valence-electron chi connectivity index (χ2n) is 5.00. The first-order chi connectivity index (χ1) is 9.70. The predicted octanol–water partition coefficient (Wildman–Crippen LogP) is 1.78. The molecule has 2 rings (SSSR count). The van der Waals surface area contributed by atoms with Crippen molar-refractivity contribution >= 4 is 0 Å². The molecule has 1 N–H and O–H groups in total. The Kier molecular flexibility index (Phi) is 5.31. The molecule has 0 aliphatic heterocycles. The van der Waals surface area contributed by atoms with Crippen LogP contribution in [0.5, 0.6) is 0 Å². The molecule has 0 amide bonds. The quantitative estimate of drug-likeness (QED) is 0.746. The van der Waals surface area contributed by atoms with E-state index in [1.165, 1.54) is 5.69 Å². The molecule has 0 aromatic carbocycles. The minimum Gasteiger partial charge on any atom is -0.383 e. The Morgan fingerprint density at radius 2 is 2.30 bits per heavy atom.